The van der Waals surface area contributed by atoms with E-state index in [4.69, 9.17) is 4.74 Å². The van der Waals surface area contributed by atoms with E-state index in [0.717, 1.165) is 17.0 Å². The molecular weight excluding hydrogens is 364 g/mol. The molecule has 0 aliphatic heterocycles. The molecular formula is C23H26N4O2. The first-order valence-electron chi connectivity index (χ1n) is 9.59. The molecule has 0 aliphatic rings. The average molecular weight is 390 g/mol. The third kappa shape index (κ3) is 5.31. The Labute approximate surface area is 171 Å². The van der Waals surface area contributed by atoms with Crippen molar-refractivity contribution in [3.63, 3.8) is 0 Å². The predicted molar refractivity (Wildman–Crippen MR) is 115 cm³/mol. The second-order valence-electron chi connectivity index (χ2n) is 7.08. The minimum absolute atomic E-state index is 0.244. The van der Waals surface area contributed by atoms with Crippen molar-refractivity contribution in [3.05, 3.63) is 77.2 Å². The van der Waals surface area contributed by atoms with Crippen LogP contribution in [0.4, 0.5) is 11.5 Å². The Balaban J connectivity index is 1.73. The lowest BCUT2D eigenvalue weighted by Crippen LogP contribution is -2.24. The van der Waals surface area contributed by atoms with Gasteiger partial charge < -0.3 is 15.4 Å². The lowest BCUT2D eigenvalue weighted by molar-refractivity contribution is 0.0945. The Morgan fingerprint density at radius 2 is 1.79 bits per heavy atom. The molecule has 0 fully saturated rings. The maximum Gasteiger partial charge on any atom is 0.270 e. The quantitative estimate of drug-likeness (QED) is 0.617. The summed E-state index contributed by atoms with van der Waals surface area (Å²) in [5, 5.41) is 6.23. The summed E-state index contributed by atoms with van der Waals surface area (Å²) < 4.78 is 5.15. The normalized spacial score (nSPS) is 10.7. The number of nitrogens with one attached hydrogen (secondary N) is 2. The second kappa shape index (κ2) is 9.19. The minimum atomic E-state index is -0.244. The van der Waals surface area contributed by atoms with Gasteiger partial charge in [-0.3, -0.25) is 4.79 Å². The molecule has 0 atom stereocenters. The molecule has 2 aromatic carbocycles. The van der Waals surface area contributed by atoms with E-state index in [-0.39, 0.29) is 5.91 Å². The third-order valence-electron chi connectivity index (χ3n) is 4.53. The summed E-state index contributed by atoms with van der Waals surface area (Å²) in [6.45, 7) is 6.47. The fourth-order valence-corrected chi connectivity index (χ4v) is 3.02. The van der Waals surface area contributed by atoms with Crippen LogP contribution < -0.4 is 15.4 Å². The van der Waals surface area contributed by atoms with Gasteiger partial charge >= 0.3 is 0 Å². The summed E-state index contributed by atoms with van der Waals surface area (Å²) in [6, 6.07) is 17.3. The van der Waals surface area contributed by atoms with Crippen molar-refractivity contribution >= 4 is 17.4 Å². The smallest absolute Gasteiger partial charge is 0.270 e. The van der Waals surface area contributed by atoms with Gasteiger partial charge in [-0.15, -0.1) is 0 Å². The fourth-order valence-electron chi connectivity index (χ4n) is 3.02. The van der Waals surface area contributed by atoms with Crippen LogP contribution in [0.15, 0.2) is 54.6 Å². The van der Waals surface area contributed by atoms with E-state index in [1.54, 1.807) is 20.1 Å². The summed E-state index contributed by atoms with van der Waals surface area (Å²) in [4.78, 5) is 21.3. The van der Waals surface area contributed by atoms with Crippen LogP contribution in [0.5, 0.6) is 5.75 Å². The van der Waals surface area contributed by atoms with Crippen LogP contribution in [0, 0.1) is 6.92 Å². The number of anilines is 2. The molecule has 1 heterocycles. The van der Waals surface area contributed by atoms with E-state index >= 15 is 0 Å². The van der Waals surface area contributed by atoms with Crippen molar-refractivity contribution in [1.82, 2.24) is 15.3 Å². The van der Waals surface area contributed by atoms with E-state index in [9.17, 15) is 4.79 Å². The van der Waals surface area contributed by atoms with Gasteiger partial charge in [-0.05, 0) is 42.2 Å². The number of methoxy groups -OCH3 is 1. The number of aryl methyl sites for hydroxylation is 1. The van der Waals surface area contributed by atoms with Crippen LogP contribution in [0.3, 0.4) is 0 Å². The Morgan fingerprint density at radius 1 is 1.07 bits per heavy atom. The van der Waals surface area contributed by atoms with Gasteiger partial charge in [-0.2, -0.15) is 0 Å². The zero-order valence-electron chi connectivity index (χ0n) is 17.2. The molecule has 0 unspecified atom stereocenters. The number of carbonyl (C=O) groups excluding carboxylic acids is 1. The standard InChI is InChI=1S/C23H26N4O2/c1-15(2)19-7-5-6-8-20(19)27-22-13-21(25-16(3)26-22)23(28)24-14-17-9-11-18(29-4)12-10-17/h5-13,15H,14H2,1-4H3,(H,24,28)(H,25,26,27). The van der Waals surface area contributed by atoms with Gasteiger partial charge in [0.2, 0.25) is 0 Å². The van der Waals surface area contributed by atoms with E-state index in [2.05, 4.69) is 40.5 Å². The zero-order chi connectivity index (χ0) is 20.8. The van der Waals surface area contributed by atoms with E-state index in [1.165, 1.54) is 5.56 Å². The minimum Gasteiger partial charge on any atom is -0.497 e. The molecule has 0 bridgehead atoms. The first-order chi connectivity index (χ1) is 14.0. The van der Waals surface area contributed by atoms with E-state index in [0.29, 0.717) is 29.8 Å². The lowest BCUT2D eigenvalue weighted by Gasteiger charge is -2.15. The molecule has 0 saturated heterocycles. The number of nitrogens with zero attached hydrogens (tertiary/aromatic N) is 2. The number of rotatable bonds is 7. The van der Waals surface area contributed by atoms with Crippen LogP contribution in [0.2, 0.25) is 0 Å². The zero-order valence-corrected chi connectivity index (χ0v) is 17.2. The van der Waals surface area contributed by atoms with Crippen molar-refractivity contribution in [2.45, 2.75) is 33.2 Å². The summed E-state index contributed by atoms with van der Waals surface area (Å²) in [5.41, 5.74) is 3.48. The number of carbonyl (C=O) groups is 1. The lowest BCUT2D eigenvalue weighted by atomic mass is 10.0. The van der Waals surface area contributed by atoms with Gasteiger partial charge in [0.1, 0.15) is 23.1 Å². The van der Waals surface area contributed by atoms with Crippen molar-refractivity contribution in [1.29, 1.82) is 0 Å². The molecule has 150 valence electrons. The van der Waals surface area contributed by atoms with Crippen LogP contribution in [-0.2, 0) is 6.54 Å². The number of ether oxygens (including phenoxy) is 1. The Kier molecular flexibility index (Phi) is 6.44. The second-order valence-corrected chi connectivity index (χ2v) is 7.08. The predicted octanol–water partition coefficient (Wildman–Crippen LogP) is 4.59. The number of hydrogen-bond donors (Lipinski definition) is 2. The van der Waals surface area contributed by atoms with Crippen LogP contribution in [0.1, 0.15) is 47.2 Å². The number of aromatic nitrogens is 2. The summed E-state index contributed by atoms with van der Waals surface area (Å²) in [6.07, 6.45) is 0. The van der Waals surface area contributed by atoms with Gasteiger partial charge in [-0.25, -0.2) is 9.97 Å². The van der Waals surface area contributed by atoms with Gasteiger partial charge in [-0.1, -0.05) is 44.2 Å². The highest BCUT2D eigenvalue weighted by molar-refractivity contribution is 5.93. The highest BCUT2D eigenvalue weighted by atomic mass is 16.5. The molecule has 0 spiro atoms. The molecule has 29 heavy (non-hydrogen) atoms. The maximum absolute atomic E-state index is 12.6. The highest BCUT2D eigenvalue weighted by Gasteiger charge is 2.12. The molecule has 0 radical (unpaired) electrons. The number of amides is 1. The Morgan fingerprint density at radius 3 is 2.48 bits per heavy atom. The number of para-hydroxylation sites is 1. The molecule has 2 N–H and O–H groups in total. The largest absolute Gasteiger partial charge is 0.497 e. The maximum atomic E-state index is 12.6. The van der Waals surface area contributed by atoms with Gasteiger partial charge in [0, 0.05) is 18.3 Å². The van der Waals surface area contributed by atoms with Crippen LogP contribution in [-0.4, -0.2) is 23.0 Å². The average Bonchev–Trinajstić information content (AvgIpc) is 2.72. The molecule has 3 aromatic rings. The van der Waals surface area contributed by atoms with Gasteiger partial charge in [0.15, 0.2) is 0 Å². The van der Waals surface area contributed by atoms with Gasteiger partial charge in [0.25, 0.3) is 5.91 Å². The van der Waals surface area contributed by atoms with E-state index in [1.807, 2.05) is 42.5 Å². The van der Waals surface area contributed by atoms with Crippen molar-refractivity contribution in [2.75, 3.05) is 12.4 Å². The fraction of sp³-hybridized carbons (Fsp3) is 0.261. The first kappa shape index (κ1) is 20.3. The SMILES string of the molecule is COc1ccc(CNC(=O)c2cc(Nc3ccccc3C(C)C)nc(C)n2)cc1. The molecule has 1 amide bonds. The Bertz CT molecular complexity index is 984. The van der Waals surface area contributed by atoms with Crippen molar-refractivity contribution in [3.8, 4) is 5.75 Å². The molecule has 0 aliphatic carbocycles. The monoisotopic (exact) mass is 390 g/mol. The van der Waals surface area contributed by atoms with Crippen molar-refractivity contribution < 1.29 is 9.53 Å². The summed E-state index contributed by atoms with van der Waals surface area (Å²) >= 11 is 0. The van der Waals surface area contributed by atoms with Crippen LogP contribution in [0.25, 0.3) is 0 Å². The third-order valence-corrected chi connectivity index (χ3v) is 4.53. The number of hydrogen-bond acceptors (Lipinski definition) is 5. The first-order valence-corrected chi connectivity index (χ1v) is 9.59. The number of benzene rings is 2. The molecule has 6 heteroatoms. The van der Waals surface area contributed by atoms with Gasteiger partial charge in [0.05, 0.1) is 7.11 Å². The summed E-state index contributed by atoms with van der Waals surface area (Å²) in [7, 11) is 1.62. The molecule has 0 saturated carbocycles. The van der Waals surface area contributed by atoms with Crippen molar-refractivity contribution in [2.24, 2.45) is 0 Å². The highest BCUT2D eigenvalue weighted by Crippen LogP contribution is 2.26. The van der Waals surface area contributed by atoms with E-state index < -0.39 is 0 Å². The molecule has 1 aromatic heterocycles. The van der Waals surface area contributed by atoms with Crippen LogP contribution >= 0.6 is 0 Å². The molecule has 6 nitrogen and oxygen atoms in total. The summed E-state index contributed by atoms with van der Waals surface area (Å²) in [5.74, 6) is 2.04. The topological polar surface area (TPSA) is 76.1 Å². The molecule has 3 rings (SSSR count). The Hall–Kier alpha value is -3.41.